The zero-order valence-corrected chi connectivity index (χ0v) is 11.3. The monoisotopic (exact) mass is 257 g/mol. The van der Waals surface area contributed by atoms with Gasteiger partial charge in [0.25, 0.3) is 0 Å². The van der Waals surface area contributed by atoms with Crippen LogP contribution >= 0.6 is 0 Å². The second kappa shape index (κ2) is 6.88. The summed E-state index contributed by atoms with van der Waals surface area (Å²) in [6.45, 7) is 2.30. The van der Waals surface area contributed by atoms with Gasteiger partial charge in [-0.15, -0.1) is 0 Å². The standard InChI is InChI=1S/C16H19NO2/c1-2-19-16(18)10-6-3-7-13-11-12-17-15-9-5-4-8-14(13)15/h4-5,8-9,11-12H,2-3,6-7,10H2,1H3. The molecule has 0 aliphatic rings. The van der Waals surface area contributed by atoms with Crippen molar-refractivity contribution in [3.05, 3.63) is 42.1 Å². The van der Waals surface area contributed by atoms with Gasteiger partial charge in [0.05, 0.1) is 12.1 Å². The molecule has 0 saturated carbocycles. The van der Waals surface area contributed by atoms with Crippen LogP contribution in [0.5, 0.6) is 0 Å². The van der Waals surface area contributed by atoms with E-state index in [0.717, 1.165) is 24.8 Å². The molecule has 0 spiro atoms. The van der Waals surface area contributed by atoms with Gasteiger partial charge in [0.15, 0.2) is 0 Å². The summed E-state index contributed by atoms with van der Waals surface area (Å²) in [5, 5.41) is 1.21. The average molecular weight is 257 g/mol. The Kier molecular flexibility index (Phi) is 4.90. The first kappa shape index (κ1) is 13.5. The van der Waals surface area contributed by atoms with Gasteiger partial charge in [0.2, 0.25) is 0 Å². The largest absolute Gasteiger partial charge is 0.466 e. The van der Waals surface area contributed by atoms with Crippen LogP contribution in [0.4, 0.5) is 0 Å². The van der Waals surface area contributed by atoms with Gasteiger partial charge in [-0.25, -0.2) is 0 Å². The molecule has 0 radical (unpaired) electrons. The molecule has 0 fully saturated rings. The van der Waals surface area contributed by atoms with Crippen LogP contribution in [0.25, 0.3) is 10.9 Å². The number of hydrogen-bond acceptors (Lipinski definition) is 3. The Labute approximate surface area is 113 Å². The van der Waals surface area contributed by atoms with Gasteiger partial charge in [-0.2, -0.15) is 0 Å². The first-order valence-electron chi connectivity index (χ1n) is 6.79. The molecule has 100 valence electrons. The van der Waals surface area contributed by atoms with E-state index < -0.39 is 0 Å². The summed E-state index contributed by atoms with van der Waals surface area (Å²) in [7, 11) is 0. The number of pyridine rings is 1. The smallest absolute Gasteiger partial charge is 0.305 e. The van der Waals surface area contributed by atoms with Crippen LogP contribution in [0.15, 0.2) is 36.5 Å². The Hall–Kier alpha value is -1.90. The van der Waals surface area contributed by atoms with Gasteiger partial charge < -0.3 is 4.74 Å². The molecule has 0 aliphatic heterocycles. The molecule has 19 heavy (non-hydrogen) atoms. The lowest BCUT2D eigenvalue weighted by Gasteiger charge is -2.06. The van der Waals surface area contributed by atoms with Crippen molar-refractivity contribution < 1.29 is 9.53 Å². The fraction of sp³-hybridized carbons (Fsp3) is 0.375. The van der Waals surface area contributed by atoms with Crippen molar-refractivity contribution in [1.29, 1.82) is 0 Å². The Bertz CT molecular complexity index is 546. The highest BCUT2D eigenvalue weighted by Gasteiger charge is 2.03. The van der Waals surface area contributed by atoms with Crippen LogP contribution in [0, 0.1) is 0 Å². The Balaban J connectivity index is 1.90. The molecule has 1 aromatic carbocycles. The molecule has 0 aliphatic carbocycles. The van der Waals surface area contributed by atoms with E-state index >= 15 is 0 Å². The highest BCUT2D eigenvalue weighted by Crippen LogP contribution is 2.18. The number of para-hydroxylation sites is 1. The van der Waals surface area contributed by atoms with Gasteiger partial charge in [-0.1, -0.05) is 18.2 Å². The number of nitrogens with zero attached hydrogens (tertiary/aromatic N) is 1. The van der Waals surface area contributed by atoms with E-state index in [1.165, 1.54) is 10.9 Å². The fourth-order valence-electron chi connectivity index (χ4n) is 2.19. The van der Waals surface area contributed by atoms with Gasteiger partial charge in [-0.05, 0) is 43.9 Å². The van der Waals surface area contributed by atoms with Crippen molar-refractivity contribution >= 4 is 16.9 Å². The number of unbranched alkanes of at least 4 members (excludes halogenated alkanes) is 1. The maximum atomic E-state index is 11.2. The number of ether oxygens (including phenoxy) is 1. The van der Waals surface area contributed by atoms with Gasteiger partial charge in [0.1, 0.15) is 0 Å². The summed E-state index contributed by atoms with van der Waals surface area (Å²) >= 11 is 0. The first-order valence-corrected chi connectivity index (χ1v) is 6.79. The molecule has 0 atom stereocenters. The fourth-order valence-corrected chi connectivity index (χ4v) is 2.19. The molecule has 1 heterocycles. The maximum Gasteiger partial charge on any atom is 0.305 e. The van der Waals surface area contributed by atoms with E-state index in [4.69, 9.17) is 4.74 Å². The summed E-state index contributed by atoms with van der Waals surface area (Å²) in [4.78, 5) is 15.6. The molecular weight excluding hydrogens is 238 g/mol. The number of rotatable bonds is 6. The van der Waals surface area contributed by atoms with Crippen LogP contribution in [-0.2, 0) is 16.0 Å². The molecule has 0 amide bonds. The second-order valence-corrected chi connectivity index (χ2v) is 4.50. The van der Waals surface area contributed by atoms with Crippen LogP contribution in [0.2, 0.25) is 0 Å². The molecule has 3 nitrogen and oxygen atoms in total. The van der Waals surface area contributed by atoms with Gasteiger partial charge in [-0.3, -0.25) is 9.78 Å². The normalized spacial score (nSPS) is 10.6. The highest BCUT2D eigenvalue weighted by atomic mass is 16.5. The third-order valence-corrected chi connectivity index (χ3v) is 3.12. The average Bonchev–Trinajstić information content (AvgIpc) is 2.44. The molecule has 0 saturated heterocycles. The van der Waals surface area contributed by atoms with Gasteiger partial charge >= 0.3 is 5.97 Å². The third kappa shape index (κ3) is 3.78. The number of aryl methyl sites for hydroxylation is 1. The quantitative estimate of drug-likeness (QED) is 0.587. The van der Waals surface area contributed by atoms with E-state index in [0.29, 0.717) is 13.0 Å². The Morgan fingerprint density at radius 3 is 2.89 bits per heavy atom. The van der Waals surface area contributed by atoms with E-state index in [9.17, 15) is 4.79 Å². The molecule has 2 rings (SSSR count). The minimum atomic E-state index is -0.0953. The lowest BCUT2D eigenvalue weighted by molar-refractivity contribution is -0.143. The van der Waals surface area contributed by atoms with E-state index in [1.807, 2.05) is 31.3 Å². The number of fused-ring (bicyclic) bond motifs is 1. The lowest BCUT2D eigenvalue weighted by Crippen LogP contribution is -2.03. The van der Waals surface area contributed by atoms with Crippen molar-refractivity contribution in [2.45, 2.75) is 32.6 Å². The molecule has 3 heteroatoms. The van der Waals surface area contributed by atoms with E-state index in [1.54, 1.807) is 0 Å². The maximum absolute atomic E-state index is 11.2. The van der Waals surface area contributed by atoms with Crippen molar-refractivity contribution in [2.75, 3.05) is 6.61 Å². The van der Waals surface area contributed by atoms with Crippen LogP contribution in [0.1, 0.15) is 31.7 Å². The van der Waals surface area contributed by atoms with Crippen LogP contribution < -0.4 is 0 Å². The highest BCUT2D eigenvalue weighted by molar-refractivity contribution is 5.81. The van der Waals surface area contributed by atoms with Crippen molar-refractivity contribution in [3.8, 4) is 0 Å². The van der Waals surface area contributed by atoms with Crippen LogP contribution in [0.3, 0.4) is 0 Å². The summed E-state index contributed by atoms with van der Waals surface area (Å²) < 4.78 is 4.92. The van der Waals surface area contributed by atoms with Crippen molar-refractivity contribution in [1.82, 2.24) is 4.98 Å². The number of benzene rings is 1. The zero-order chi connectivity index (χ0) is 13.5. The minimum Gasteiger partial charge on any atom is -0.466 e. The van der Waals surface area contributed by atoms with Crippen molar-refractivity contribution in [3.63, 3.8) is 0 Å². The lowest BCUT2D eigenvalue weighted by atomic mass is 10.0. The predicted octanol–water partition coefficient (Wildman–Crippen LogP) is 3.51. The van der Waals surface area contributed by atoms with Gasteiger partial charge in [0, 0.05) is 18.0 Å². The number of carbonyl (C=O) groups excluding carboxylic acids is 1. The molecule has 0 N–H and O–H groups in total. The number of carbonyl (C=O) groups is 1. The third-order valence-electron chi connectivity index (χ3n) is 3.12. The predicted molar refractivity (Wildman–Crippen MR) is 75.9 cm³/mol. The molecule has 2 aromatic rings. The zero-order valence-electron chi connectivity index (χ0n) is 11.3. The van der Waals surface area contributed by atoms with Crippen molar-refractivity contribution in [2.24, 2.45) is 0 Å². The summed E-state index contributed by atoms with van der Waals surface area (Å²) in [5.74, 6) is -0.0953. The Morgan fingerprint density at radius 1 is 1.21 bits per heavy atom. The second-order valence-electron chi connectivity index (χ2n) is 4.50. The van der Waals surface area contributed by atoms with Crippen LogP contribution in [-0.4, -0.2) is 17.6 Å². The first-order chi connectivity index (χ1) is 9.31. The summed E-state index contributed by atoms with van der Waals surface area (Å²) in [6, 6.07) is 10.2. The molecule has 1 aromatic heterocycles. The minimum absolute atomic E-state index is 0.0953. The number of aromatic nitrogens is 1. The summed E-state index contributed by atoms with van der Waals surface area (Å²) in [5.41, 5.74) is 2.33. The molecular formula is C16H19NO2. The number of hydrogen-bond donors (Lipinski definition) is 0. The number of esters is 1. The Morgan fingerprint density at radius 2 is 2.05 bits per heavy atom. The van der Waals surface area contributed by atoms with E-state index in [2.05, 4.69) is 17.1 Å². The SMILES string of the molecule is CCOC(=O)CCCCc1ccnc2ccccc12. The molecule has 0 bridgehead atoms. The topological polar surface area (TPSA) is 39.2 Å². The summed E-state index contributed by atoms with van der Waals surface area (Å²) in [6.07, 6.45) is 5.20. The van der Waals surface area contributed by atoms with E-state index in [-0.39, 0.29) is 5.97 Å². The molecule has 0 unspecified atom stereocenters.